The van der Waals surface area contributed by atoms with Gasteiger partial charge in [0.05, 0.1) is 0 Å². The van der Waals surface area contributed by atoms with Gasteiger partial charge in [0.15, 0.2) is 0 Å². The van der Waals surface area contributed by atoms with E-state index in [1.54, 1.807) is 0 Å². The number of rotatable bonds is 0. The van der Waals surface area contributed by atoms with Gasteiger partial charge in [-0.3, -0.25) is 4.79 Å². The lowest BCUT2D eigenvalue weighted by atomic mass is 9.68. The molecule has 2 aliphatic heterocycles. The summed E-state index contributed by atoms with van der Waals surface area (Å²) < 4.78 is 0. The van der Waals surface area contributed by atoms with Crippen LogP contribution < -0.4 is 5.32 Å². The Morgan fingerprint density at radius 2 is 1.67 bits per heavy atom. The summed E-state index contributed by atoms with van der Waals surface area (Å²) in [7, 11) is 0. The standard InChI is InChI=1S/C10H15NO/c12-10-8-2-6-1-7(3-8)5-9(4-6)11-10/h6-9H,1-5H2,(H,11,12)/t6-,7+,8-,9-. The predicted octanol–water partition coefficient (Wildman–Crippen LogP) is 1.31. The number of carbonyl (C=O) groups excluding carboxylic acids is 1. The highest BCUT2D eigenvalue weighted by molar-refractivity contribution is 5.79. The van der Waals surface area contributed by atoms with E-state index in [1.165, 1.54) is 32.1 Å². The molecule has 2 saturated carbocycles. The maximum Gasteiger partial charge on any atom is 0.223 e. The Hall–Kier alpha value is -0.530. The fourth-order valence-corrected chi connectivity index (χ4v) is 3.50. The summed E-state index contributed by atoms with van der Waals surface area (Å²) in [6.45, 7) is 0. The Balaban J connectivity index is 1.95. The van der Waals surface area contributed by atoms with E-state index >= 15 is 0 Å². The Morgan fingerprint density at radius 1 is 1.00 bits per heavy atom. The molecule has 0 radical (unpaired) electrons. The molecule has 12 heavy (non-hydrogen) atoms. The topological polar surface area (TPSA) is 29.1 Å². The Bertz CT molecular complexity index is 212. The predicted molar refractivity (Wildman–Crippen MR) is 45.5 cm³/mol. The van der Waals surface area contributed by atoms with Crippen LogP contribution in [0.15, 0.2) is 0 Å². The summed E-state index contributed by atoms with van der Waals surface area (Å²) in [5.41, 5.74) is 0. The van der Waals surface area contributed by atoms with Crippen LogP contribution in [0.4, 0.5) is 0 Å². The minimum atomic E-state index is 0.352. The van der Waals surface area contributed by atoms with Crippen LogP contribution >= 0.6 is 0 Å². The zero-order valence-electron chi connectivity index (χ0n) is 7.25. The molecular weight excluding hydrogens is 150 g/mol. The van der Waals surface area contributed by atoms with Crippen molar-refractivity contribution in [3.8, 4) is 0 Å². The van der Waals surface area contributed by atoms with Crippen LogP contribution in [0.5, 0.6) is 0 Å². The van der Waals surface area contributed by atoms with Gasteiger partial charge in [0.25, 0.3) is 0 Å². The van der Waals surface area contributed by atoms with Gasteiger partial charge in [-0.1, -0.05) is 0 Å². The molecule has 2 saturated heterocycles. The first-order valence-electron chi connectivity index (χ1n) is 5.11. The first-order valence-corrected chi connectivity index (χ1v) is 5.11. The first-order chi connectivity index (χ1) is 5.81. The fourth-order valence-electron chi connectivity index (χ4n) is 3.50. The van der Waals surface area contributed by atoms with Crippen molar-refractivity contribution in [2.75, 3.05) is 0 Å². The van der Waals surface area contributed by atoms with Crippen LogP contribution in [0.1, 0.15) is 32.1 Å². The number of carbonyl (C=O) groups is 1. The normalized spacial score (nSPS) is 50.5. The minimum absolute atomic E-state index is 0.352. The summed E-state index contributed by atoms with van der Waals surface area (Å²) in [6.07, 6.45) is 6.29. The molecule has 4 rings (SSSR count). The highest BCUT2D eigenvalue weighted by atomic mass is 16.2. The lowest BCUT2D eigenvalue weighted by molar-refractivity contribution is -0.125. The van der Waals surface area contributed by atoms with Crippen molar-refractivity contribution in [2.24, 2.45) is 17.8 Å². The molecule has 0 unspecified atom stereocenters. The van der Waals surface area contributed by atoms with Crippen molar-refractivity contribution in [2.45, 2.75) is 38.1 Å². The van der Waals surface area contributed by atoms with E-state index < -0.39 is 0 Å². The number of nitrogens with one attached hydrogen (secondary N) is 1. The quantitative estimate of drug-likeness (QED) is 0.576. The van der Waals surface area contributed by atoms with Gasteiger partial charge in [-0.2, -0.15) is 0 Å². The van der Waals surface area contributed by atoms with Crippen molar-refractivity contribution >= 4 is 5.91 Å². The summed E-state index contributed by atoms with van der Waals surface area (Å²) >= 11 is 0. The van der Waals surface area contributed by atoms with E-state index in [2.05, 4.69) is 5.32 Å². The maximum atomic E-state index is 11.6. The largest absolute Gasteiger partial charge is 0.353 e. The molecule has 1 N–H and O–H groups in total. The second-order valence-corrected chi connectivity index (χ2v) is 4.81. The van der Waals surface area contributed by atoms with Gasteiger partial charge in [-0.15, -0.1) is 0 Å². The van der Waals surface area contributed by atoms with Gasteiger partial charge in [0.2, 0.25) is 5.91 Å². The molecule has 2 heteroatoms. The Morgan fingerprint density at radius 3 is 2.33 bits per heavy atom. The summed E-state index contributed by atoms with van der Waals surface area (Å²) in [5, 5.41) is 3.16. The molecule has 1 amide bonds. The zero-order valence-corrected chi connectivity index (χ0v) is 7.25. The smallest absolute Gasteiger partial charge is 0.223 e. The van der Waals surface area contributed by atoms with Crippen LogP contribution in [0, 0.1) is 17.8 Å². The summed E-state index contributed by atoms with van der Waals surface area (Å²) in [5.74, 6) is 2.46. The molecule has 4 atom stereocenters. The van der Waals surface area contributed by atoms with E-state index in [1.807, 2.05) is 0 Å². The highest BCUT2D eigenvalue weighted by Crippen LogP contribution is 2.44. The molecule has 4 fully saturated rings. The number of hydrogen-bond acceptors (Lipinski definition) is 1. The van der Waals surface area contributed by atoms with Gasteiger partial charge in [0, 0.05) is 12.0 Å². The van der Waals surface area contributed by atoms with Gasteiger partial charge in [-0.25, -0.2) is 0 Å². The second kappa shape index (κ2) is 2.24. The Kier molecular flexibility index (Phi) is 1.29. The van der Waals surface area contributed by atoms with E-state index in [4.69, 9.17) is 0 Å². The number of amides is 1. The van der Waals surface area contributed by atoms with Crippen molar-refractivity contribution in [3.63, 3.8) is 0 Å². The third-order valence-electron chi connectivity index (χ3n) is 3.86. The maximum absolute atomic E-state index is 11.6. The van der Waals surface area contributed by atoms with Crippen LogP contribution in [0.3, 0.4) is 0 Å². The molecule has 4 aliphatic rings. The molecule has 0 aromatic carbocycles. The first kappa shape index (κ1) is 6.93. The molecule has 0 aromatic heterocycles. The summed E-state index contributed by atoms with van der Waals surface area (Å²) in [4.78, 5) is 11.6. The minimum Gasteiger partial charge on any atom is -0.353 e. The molecule has 0 aromatic rings. The van der Waals surface area contributed by atoms with E-state index in [0.29, 0.717) is 17.9 Å². The lowest BCUT2D eigenvalue weighted by Crippen LogP contribution is -2.35. The van der Waals surface area contributed by atoms with Crippen molar-refractivity contribution in [1.82, 2.24) is 5.32 Å². The number of fused-ring (bicyclic) bond motifs is 1. The van der Waals surface area contributed by atoms with Gasteiger partial charge < -0.3 is 5.32 Å². The van der Waals surface area contributed by atoms with E-state index in [-0.39, 0.29) is 0 Å². The van der Waals surface area contributed by atoms with Crippen molar-refractivity contribution in [3.05, 3.63) is 0 Å². The molecule has 66 valence electrons. The average molecular weight is 165 g/mol. The molecule has 2 aliphatic carbocycles. The van der Waals surface area contributed by atoms with E-state index in [9.17, 15) is 4.79 Å². The van der Waals surface area contributed by atoms with Gasteiger partial charge in [-0.05, 0) is 43.9 Å². The number of hydrogen-bond donors (Lipinski definition) is 1. The fraction of sp³-hybridized carbons (Fsp3) is 0.900. The van der Waals surface area contributed by atoms with Crippen LogP contribution in [0.2, 0.25) is 0 Å². The zero-order chi connectivity index (χ0) is 8.13. The van der Waals surface area contributed by atoms with E-state index in [0.717, 1.165) is 11.8 Å². The average Bonchev–Trinajstić information content (AvgIpc) is 2.16. The molecule has 4 bridgehead atoms. The lowest BCUT2D eigenvalue weighted by Gasteiger charge is -2.36. The van der Waals surface area contributed by atoms with Crippen LogP contribution in [-0.4, -0.2) is 11.9 Å². The van der Waals surface area contributed by atoms with Gasteiger partial charge in [0.1, 0.15) is 0 Å². The third-order valence-corrected chi connectivity index (χ3v) is 3.86. The van der Waals surface area contributed by atoms with Crippen LogP contribution in [-0.2, 0) is 4.79 Å². The van der Waals surface area contributed by atoms with Crippen molar-refractivity contribution < 1.29 is 4.79 Å². The molecular formula is C10H15NO. The third kappa shape index (κ3) is 0.900. The Labute approximate surface area is 72.7 Å². The summed E-state index contributed by atoms with van der Waals surface area (Å²) in [6, 6.07) is 0.536. The molecule has 2 nitrogen and oxygen atoms in total. The van der Waals surface area contributed by atoms with Gasteiger partial charge >= 0.3 is 0 Å². The molecule has 0 spiro atoms. The SMILES string of the molecule is O=C1N[C@H]2C[C@H]3C[C@@H](C2)C[C@@H]1C3. The second-order valence-electron chi connectivity index (χ2n) is 4.81. The monoisotopic (exact) mass is 165 g/mol. The highest BCUT2D eigenvalue weighted by Gasteiger charge is 2.42. The van der Waals surface area contributed by atoms with Crippen LogP contribution in [0.25, 0.3) is 0 Å². The van der Waals surface area contributed by atoms with Crippen molar-refractivity contribution in [1.29, 1.82) is 0 Å². The molecule has 2 heterocycles.